The molecular formula is C24H42N2O7. The number of alkyl carbamates (subject to hydrolysis) is 1. The highest BCUT2D eigenvalue weighted by atomic mass is 16.6. The summed E-state index contributed by atoms with van der Waals surface area (Å²) in [6.07, 6.45) is 8.66. The van der Waals surface area contributed by atoms with Gasteiger partial charge < -0.3 is 24.8 Å². The third-order valence-corrected chi connectivity index (χ3v) is 5.42. The summed E-state index contributed by atoms with van der Waals surface area (Å²) < 4.78 is 10.5. The summed E-state index contributed by atoms with van der Waals surface area (Å²) in [5, 5.41) is 11.5. The number of aliphatic carboxylic acids is 1. The molecule has 1 fully saturated rings. The molecule has 0 bridgehead atoms. The quantitative estimate of drug-likeness (QED) is 0.290. The minimum absolute atomic E-state index is 0.307. The van der Waals surface area contributed by atoms with Gasteiger partial charge in [-0.3, -0.25) is 9.59 Å². The number of carbonyl (C=O) groups excluding carboxylic acids is 3. The molecule has 0 saturated carbocycles. The number of hydrogen-bond donors (Lipinski definition) is 2. The van der Waals surface area contributed by atoms with E-state index in [1.807, 2.05) is 0 Å². The Morgan fingerprint density at radius 3 is 2.21 bits per heavy atom. The summed E-state index contributed by atoms with van der Waals surface area (Å²) in [5.74, 6) is -2.33. The van der Waals surface area contributed by atoms with Crippen LogP contribution in [0.5, 0.6) is 0 Å². The molecule has 33 heavy (non-hydrogen) atoms. The first-order chi connectivity index (χ1) is 15.5. The second-order valence-electron chi connectivity index (χ2n) is 9.63. The van der Waals surface area contributed by atoms with Crippen LogP contribution in [-0.2, 0) is 23.9 Å². The highest BCUT2D eigenvalue weighted by Gasteiger charge is 2.39. The van der Waals surface area contributed by atoms with Gasteiger partial charge in [0.15, 0.2) is 0 Å². The number of carbonyl (C=O) groups is 4. The van der Waals surface area contributed by atoms with Crippen molar-refractivity contribution in [1.29, 1.82) is 0 Å². The highest BCUT2D eigenvalue weighted by molar-refractivity contribution is 5.92. The number of nitrogens with zero attached hydrogens (tertiary/aromatic N) is 1. The number of carboxylic acid groups (broad SMARTS) is 1. The van der Waals surface area contributed by atoms with Crippen molar-refractivity contribution in [3.05, 3.63) is 0 Å². The molecule has 2 N–H and O–H groups in total. The average molecular weight is 471 g/mol. The van der Waals surface area contributed by atoms with Crippen LogP contribution in [0.2, 0.25) is 0 Å². The predicted molar refractivity (Wildman–Crippen MR) is 124 cm³/mol. The van der Waals surface area contributed by atoms with Crippen LogP contribution in [-0.4, -0.2) is 64.8 Å². The standard InChI is InChI=1S/C24H42N2O7/c1-5-6-7-8-9-10-11-12-16-32-22(30)19-14-13-15-26(19)21(29)18(17-20(27)28)25-23(31)33-24(2,3)4/h18-19H,5-17H2,1-4H3,(H,25,31)(H,27,28). The molecule has 190 valence electrons. The van der Waals surface area contributed by atoms with Crippen molar-refractivity contribution in [3.8, 4) is 0 Å². The van der Waals surface area contributed by atoms with Gasteiger partial charge in [-0.1, -0.05) is 51.9 Å². The smallest absolute Gasteiger partial charge is 0.408 e. The highest BCUT2D eigenvalue weighted by Crippen LogP contribution is 2.21. The number of amides is 2. The summed E-state index contributed by atoms with van der Waals surface area (Å²) in [6.45, 7) is 7.81. The van der Waals surface area contributed by atoms with Crippen LogP contribution >= 0.6 is 0 Å². The van der Waals surface area contributed by atoms with Crippen LogP contribution in [0.15, 0.2) is 0 Å². The molecule has 2 unspecified atom stereocenters. The van der Waals surface area contributed by atoms with E-state index in [0.717, 1.165) is 19.3 Å². The lowest BCUT2D eigenvalue weighted by Gasteiger charge is -2.28. The zero-order valence-electron chi connectivity index (χ0n) is 20.7. The Kier molecular flexibility index (Phi) is 12.8. The largest absolute Gasteiger partial charge is 0.481 e. The van der Waals surface area contributed by atoms with Crippen LogP contribution in [0.25, 0.3) is 0 Å². The Labute approximate surface area is 197 Å². The van der Waals surface area contributed by atoms with Gasteiger partial charge in [-0.2, -0.15) is 0 Å². The van der Waals surface area contributed by atoms with Crippen LogP contribution in [0.1, 0.15) is 98.3 Å². The lowest BCUT2D eigenvalue weighted by molar-refractivity contribution is -0.154. The first kappa shape index (κ1) is 28.7. The van der Waals surface area contributed by atoms with Gasteiger partial charge in [-0.05, 0) is 40.0 Å². The van der Waals surface area contributed by atoms with Gasteiger partial charge in [0.05, 0.1) is 13.0 Å². The second kappa shape index (κ2) is 14.8. The van der Waals surface area contributed by atoms with Gasteiger partial charge in [0, 0.05) is 6.54 Å². The van der Waals surface area contributed by atoms with Gasteiger partial charge in [0.2, 0.25) is 5.91 Å². The first-order valence-electron chi connectivity index (χ1n) is 12.2. The minimum atomic E-state index is -1.32. The summed E-state index contributed by atoms with van der Waals surface area (Å²) in [4.78, 5) is 50.3. The molecule has 1 rings (SSSR count). The third kappa shape index (κ3) is 11.9. The summed E-state index contributed by atoms with van der Waals surface area (Å²) >= 11 is 0. The zero-order chi connectivity index (χ0) is 24.9. The second-order valence-corrected chi connectivity index (χ2v) is 9.63. The van der Waals surface area contributed by atoms with Crippen molar-refractivity contribution >= 4 is 23.9 Å². The number of carboxylic acids is 1. The number of esters is 1. The molecule has 0 aromatic carbocycles. The van der Waals surface area contributed by atoms with Crippen molar-refractivity contribution in [2.45, 2.75) is 116 Å². The maximum absolute atomic E-state index is 13.0. The molecule has 0 aliphatic carbocycles. The van der Waals surface area contributed by atoms with Crippen molar-refractivity contribution in [2.75, 3.05) is 13.2 Å². The molecule has 0 radical (unpaired) electrons. The van der Waals surface area contributed by atoms with E-state index >= 15 is 0 Å². The fourth-order valence-corrected chi connectivity index (χ4v) is 3.81. The van der Waals surface area contributed by atoms with E-state index in [9.17, 15) is 24.3 Å². The lowest BCUT2D eigenvalue weighted by Crippen LogP contribution is -2.53. The normalized spacial score (nSPS) is 16.8. The number of likely N-dealkylation sites (tertiary alicyclic amines) is 1. The van der Waals surface area contributed by atoms with Crippen molar-refractivity contribution in [1.82, 2.24) is 10.2 Å². The summed E-state index contributed by atoms with van der Waals surface area (Å²) in [7, 11) is 0. The van der Waals surface area contributed by atoms with Crippen molar-refractivity contribution in [3.63, 3.8) is 0 Å². The van der Waals surface area contributed by atoms with E-state index in [-0.39, 0.29) is 0 Å². The number of nitrogens with one attached hydrogen (secondary N) is 1. The van der Waals surface area contributed by atoms with Gasteiger partial charge in [-0.15, -0.1) is 0 Å². The maximum atomic E-state index is 13.0. The number of hydrogen-bond acceptors (Lipinski definition) is 6. The third-order valence-electron chi connectivity index (χ3n) is 5.42. The first-order valence-corrected chi connectivity index (χ1v) is 12.2. The van der Waals surface area contributed by atoms with E-state index in [2.05, 4.69) is 12.2 Å². The SMILES string of the molecule is CCCCCCCCCCOC(=O)C1CCCN1C(=O)C(CC(=O)O)NC(=O)OC(C)(C)C. The Hall–Kier alpha value is -2.32. The van der Waals surface area contributed by atoms with E-state index in [4.69, 9.17) is 9.47 Å². The fourth-order valence-electron chi connectivity index (χ4n) is 3.81. The molecule has 9 nitrogen and oxygen atoms in total. The molecule has 9 heteroatoms. The Morgan fingerprint density at radius 1 is 1.03 bits per heavy atom. The molecule has 2 atom stereocenters. The average Bonchev–Trinajstić information content (AvgIpc) is 3.19. The molecule has 1 aliphatic rings. The van der Waals surface area contributed by atoms with E-state index in [0.29, 0.717) is 26.0 Å². The minimum Gasteiger partial charge on any atom is -0.481 e. The molecular weight excluding hydrogens is 428 g/mol. The van der Waals surface area contributed by atoms with Crippen LogP contribution in [0, 0.1) is 0 Å². The van der Waals surface area contributed by atoms with E-state index < -0.39 is 48.0 Å². The van der Waals surface area contributed by atoms with Crippen molar-refractivity contribution in [2.24, 2.45) is 0 Å². The lowest BCUT2D eigenvalue weighted by atomic mass is 10.1. The fraction of sp³-hybridized carbons (Fsp3) is 0.833. The van der Waals surface area contributed by atoms with Gasteiger partial charge in [-0.25, -0.2) is 9.59 Å². The van der Waals surface area contributed by atoms with Gasteiger partial charge in [0.1, 0.15) is 17.7 Å². The van der Waals surface area contributed by atoms with Gasteiger partial charge >= 0.3 is 18.0 Å². The number of rotatable bonds is 14. The maximum Gasteiger partial charge on any atom is 0.408 e. The molecule has 0 aromatic rings. The zero-order valence-corrected chi connectivity index (χ0v) is 20.7. The van der Waals surface area contributed by atoms with Crippen LogP contribution in [0.4, 0.5) is 4.79 Å². The Balaban J connectivity index is 2.54. The molecule has 2 amide bonds. The molecule has 0 spiro atoms. The Bertz CT molecular complexity index is 645. The van der Waals surface area contributed by atoms with Crippen LogP contribution in [0.3, 0.4) is 0 Å². The summed E-state index contributed by atoms with van der Waals surface area (Å²) in [5.41, 5.74) is -0.795. The van der Waals surface area contributed by atoms with Gasteiger partial charge in [0.25, 0.3) is 0 Å². The number of unbranched alkanes of at least 4 members (excludes halogenated alkanes) is 7. The van der Waals surface area contributed by atoms with Crippen LogP contribution < -0.4 is 5.32 Å². The molecule has 0 aromatic heterocycles. The monoisotopic (exact) mass is 470 g/mol. The molecule has 1 aliphatic heterocycles. The molecule has 1 saturated heterocycles. The van der Waals surface area contributed by atoms with Crippen molar-refractivity contribution < 1.29 is 33.8 Å². The van der Waals surface area contributed by atoms with E-state index in [1.54, 1.807) is 20.8 Å². The Morgan fingerprint density at radius 2 is 1.64 bits per heavy atom. The predicted octanol–water partition coefficient (Wildman–Crippen LogP) is 4.03. The topological polar surface area (TPSA) is 122 Å². The summed E-state index contributed by atoms with van der Waals surface area (Å²) in [6, 6.07) is -2.08. The van der Waals surface area contributed by atoms with E-state index in [1.165, 1.54) is 37.0 Å². The molecule has 1 heterocycles. The number of ether oxygens (including phenoxy) is 2.